The van der Waals surface area contributed by atoms with Crippen molar-refractivity contribution >= 4 is 18.4 Å². The highest BCUT2D eigenvalue weighted by Crippen LogP contribution is 2.22. The number of nitrogens with zero attached hydrogens (tertiary/aromatic N) is 3. The van der Waals surface area contributed by atoms with E-state index in [9.17, 15) is 10.2 Å². The molecule has 0 unspecified atom stereocenters. The van der Waals surface area contributed by atoms with Crippen molar-refractivity contribution in [3.05, 3.63) is 58.4 Å². The number of rotatable bonds is 3. The Hall–Kier alpha value is -2.93. The van der Waals surface area contributed by atoms with Gasteiger partial charge in [-0.3, -0.25) is 0 Å². The fourth-order valence-corrected chi connectivity index (χ4v) is 2.31. The van der Waals surface area contributed by atoms with Gasteiger partial charge in [-0.25, -0.2) is 5.10 Å². The minimum atomic E-state index is -0.0686. The second-order valence-corrected chi connectivity index (χ2v) is 5.41. The summed E-state index contributed by atoms with van der Waals surface area (Å²) >= 11 is 5.20. The van der Waals surface area contributed by atoms with Crippen molar-refractivity contribution in [2.45, 2.75) is 6.92 Å². The van der Waals surface area contributed by atoms with Crippen LogP contribution in [0.25, 0.3) is 11.4 Å². The molecular formula is C16H14N4O2S. The van der Waals surface area contributed by atoms with E-state index in [0.717, 1.165) is 11.1 Å². The van der Waals surface area contributed by atoms with Gasteiger partial charge < -0.3 is 10.2 Å². The predicted octanol–water partition coefficient (Wildman–Crippen LogP) is 3.21. The molecule has 116 valence electrons. The number of nitrogens with one attached hydrogen (secondary N) is 1. The van der Waals surface area contributed by atoms with Crippen molar-refractivity contribution in [1.82, 2.24) is 14.9 Å². The molecule has 0 aliphatic rings. The van der Waals surface area contributed by atoms with Gasteiger partial charge in [-0.15, -0.1) is 0 Å². The fraction of sp³-hybridized carbons (Fsp3) is 0.0625. The Bertz CT molecular complexity index is 943. The van der Waals surface area contributed by atoms with Gasteiger partial charge in [0.2, 0.25) is 4.77 Å². The number of benzene rings is 2. The number of aromatic amines is 1. The highest BCUT2D eigenvalue weighted by Gasteiger charge is 2.08. The third-order valence-electron chi connectivity index (χ3n) is 3.25. The molecule has 0 saturated heterocycles. The summed E-state index contributed by atoms with van der Waals surface area (Å²) in [5.74, 6) is 0.495. The third kappa shape index (κ3) is 3.14. The van der Waals surface area contributed by atoms with Crippen LogP contribution in [0.3, 0.4) is 0 Å². The number of H-pyrrole nitrogens is 1. The van der Waals surface area contributed by atoms with Crippen molar-refractivity contribution in [2.75, 3.05) is 0 Å². The Morgan fingerprint density at radius 3 is 2.78 bits per heavy atom. The normalized spacial score (nSPS) is 11.2. The standard InChI is InChI=1S/C16H14N4O2S/c1-10-3-2-4-11(7-10)15-18-19-16(23)20(15)17-9-12-5-6-13(21)8-14(12)22/h2-9,21-22H,1H3,(H,19,23)/b17-9+. The molecule has 0 bridgehead atoms. The first kappa shape index (κ1) is 15.0. The zero-order valence-electron chi connectivity index (χ0n) is 12.3. The Balaban J connectivity index is 2.02. The molecule has 0 atom stereocenters. The Morgan fingerprint density at radius 1 is 1.22 bits per heavy atom. The minimum Gasteiger partial charge on any atom is -0.508 e. The lowest BCUT2D eigenvalue weighted by Gasteiger charge is -2.03. The van der Waals surface area contributed by atoms with Gasteiger partial charge >= 0.3 is 0 Å². The van der Waals surface area contributed by atoms with Crippen LogP contribution in [0, 0.1) is 11.7 Å². The van der Waals surface area contributed by atoms with Crippen molar-refractivity contribution < 1.29 is 10.2 Å². The lowest BCUT2D eigenvalue weighted by Crippen LogP contribution is -1.95. The molecule has 0 fully saturated rings. The molecule has 2 aromatic carbocycles. The zero-order chi connectivity index (χ0) is 16.4. The molecule has 0 aliphatic heterocycles. The van der Waals surface area contributed by atoms with E-state index in [1.54, 1.807) is 6.07 Å². The second-order valence-electron chi connectivity index (χ2n) is 5.02. The van der Waals surface area contributed by atoms with Gasteiger partial charge in [0.05, 0.1) is 6.21 Å². The topological polar surface area (TPSA) is 86.4 Å². The fourth-order valence-electron chi connectivity index (χ4n) is 2.13. The molecule has 23 heavy (non-hydrogen) atoms. The third-order valence-corrected chi connectivity index (χ3v) is 3.52. The lowest BCUT2D eigenvalue weighted by atomic mass is 10.1. The maximum atomic E-state index is 9.80. The number of hydrogen-bond donors (Lipinski definition) is 3. The first-order chi connectivity index (χ1) is 11.0. The van der Waals surface area contributed by atoms with Gasteiger partial charge in [-0.2, -0.15) is 14.9 Å². The van der Waals surface area contributed by atoms with Crippen LogP contribution in [0.1, 0.15) is 11.1 Å². The van der Waals surface area contributed by atoms with Crippen LogP contribution in [-0.2, 0) is 0 Å². The number of aromatic hydroxyl groups is 2. The summed E-state index contributed by atoms with van der Waals surface area (Å²) < 4.78 is 1.83. The largest absolute Gasteiger partial charge is 0.508 e. The van der Waals surface area contributed by atoms with Gasteiger partial charge in [0.25, 0.3) is 0 Å². The van der Waals surface area contributed by atoms with Crippen LogP contribution in [0.2, 0.25) is 0 Å². The summed E-state index contributed by atoms with van der Waals surface area (Å²) in [5.41, 5.74) is 2.44. The highest BCUT2D eigenvalue weighted by molar-refractivity contribution is 7.71. The zero-order valence-corrected chi connectivity index (χ0v) is 13.1. The van der Waals surface area contributed by atoms with Gasteiger partial charge in [0.15, 0.2) is 5.82 Å². The summed E-state index contributed by atoms with van der Waals surface area (Å²) in [6.45, 7) is 1.99. The predicted molar refractivity (Wildman–Crippen MR) is 90.3 cm³/mol. The minimum absolute atomic E-state index is 0.0139. The molecule has 3 aromatic rings. The molecule has 0 aliphatic carbocycles. The lowest BCUT2D eigenvalue weighted by molar-refractivity contribution is 0.450. The number of phenolic OH excluding ortho intramolecular Hbond substituents is 2. The smallest absolute Gasteiger partial charge is 0.216 e. The van der Waals surface area contributed by atoms with E-state index in [4.69, 9.17) is 12.2 Å². The molecule has 0 saturated carbocycles. The van der Waals surface area contributed by atoms with E-state index in [1.807, 2.05) is 31.2 Å². The van der Waals surface area contributed by atoms with E-state index in [2.05, 4.69) is 15.3 Å². The van der Waals surface area contributed by atoms with E-state index >= 15 is 0 Å². The van der Waals surface area contributed by atoms with Crippen molar-refractivity contribution in [3.8, 4) is 22.9 Å². The van der Waals surface area contributed by atoms with E-state index in [1.165, 1.54) is 23.0 Å². The van der Waals surface area contributed by atoms with E-state index in [0.29, 0.717) is 16.2 Å². The van der Waals surface area contributed by atoms with Crippen LogP contribution in [0.4, 0.5) is 0 Å². The first-order valence-electron chi connectivity index (χ1n) is 6.85. The monoisotopic (exact) mass is 326 g/mol. The van der Waals surface area contributed by atoms with Gasteiger partial charge in [-0.05, 0) is 37.3 Å². The molecule has 0 amide bonds. The number of aryl methyl sites for hydroxylation is 1. The summed E-state index contributed by atoms with van der Waals surface area (Å²) in [4.78, 5) is 0. The van der Waals surface area contributed by atoms with Crippen molar-refractivity contribution in [1.29, 1.82) is 0 Å². The van der Waals surface area contributed by atoms with Crippen LogP contribution in [0.15, 0.2) is 47.6 Å². The average molecular weight is 326 g/mol. The number of phenols is 2. The quantitative estimate of drug-likeness (QED) is 0.509. The SMILES string of the molecule is Cc1cccc(-c2n[nH]c(=S)n2/N=C/c2ccc(O)cc2O)c1. The molecule has 0 spiro atoms. The van der Waals surface area contributed by atoms with Crippen molar-refractivity contribution in [3.63, 3.8) is 0 Å². The summed E-state index contributed by atoms with van der Waals surface area (Å²) in [7, 11) is 0. The molecule has 6 nitrogen and oxygen atoms in total. The Kier molecular flexibility index (Phi) is 3.94. The molecule has 1 heterocycles. The number of hydrogen-bond acceptors (Lipinski definition) is 5. The first-order valence-corrected chi connectivity index (χ1v) is 7.26. The van der Waals surface area contributed by atoms with Crippen molar-refractivity contribution in [2.24, 2.45) is 5.10 Å². The average Bonchev–Trinajstić information content (AvgIpc) is 2.87. The van der Waals surface area contributed by atoms with Crippen LogP contribution in [0.5, 0.6) is 11.5 Å². The summed E-state index contributed by atoms with van der Waals surface area (Å²) in [5, 5.41) is 30.3. The Labute approximate surface area is 137 Å². The Morgan fingerprint density at radius 2 is 2.04 bits per heavy atom. The second kappa shape index (κ2) is 6.05. The van der Waals surface area contributed by atoms with Gasteiger partial charge in [-0.1, -0.05) is 23.8 Å². The van der Waals surface area contributed by atoms with Crippen LogP contribution in [-0.4, -0.2) is 31.3 Å². The summed E-state index contributed by atoms with van der Waals surface area (Å²) in [6, 6.07) is 12.1. The highest BCUT2D eigenvalue weighted by atomic mass is 32.1. The maximum absolute atomic E-state index is 9.80. The molecule has 3 rings (SSSR count). The van der Waals surface area contributed by atoms with Gasteiger partial charge in [0, 0.05) is 17.2 Å². The van der Waals surface area contributed by atoms with E-state index in [-0.39, 0.29) is 11.5 Å². The molecule has 0 radical (unpaired) electrons. The van der Waals surface area contributed by atoms with E-state index < -0.39 is 0 Å². The summed E-state index contributed by atoms with van der Waals surface area (Å²) in [6.07, 6.45) is 1.46. The molecular weight excluding hydrogens is 312 g/mol. The van der Waals surface area contributed by atoms with Gasteiger partial charge in [0.1, 0.15) is 11.5 Å². The molecule has 7 heteroatoms. The maximum Gasteiger partial charge on any atom is 0.216 e. The number of aromatic nitrogens is 3. The van der Waals surface area contributed by atoms with Crippen LogP contribution >= 0.6 is 12.2 Å². The van der Waals surface area contributed by atoms with Crippen LogP contribution < -0.4 is 0 Å². The molecule has 3 N–H and O–H groups in total. The molecule has 1 aromatic heterocycles.